The van der Waals surface area contributed by atoms with Crippen LogP contribution in [-0.2, 0) is 10.3 Å². The first kappa shape index (κ1) is 15.8. The Morgan fingerprint density at radius 2 is 1.95 bits per heavy atom. The molecule has 1 aliphatic rings. The Labute approximate surface area is 127 Å². The Morgan fingerprint density at radius 3 is 2.48 bits per heavy atom. The summed E-state index contributed by atoms with van der Waals surface area (Å²) in [5.74, 6) is 0. The van der Waals surface area contributed by atoms with Crippen LogP contribution in [-0.4, -0.2) is 29.7 Å². The van der Waals surface area contributed by atoms with Crippen molar-refractivity contribution < 1.29 is 9.53 Å². The topological polar surface area (TPSA) is 55.6 Å². The Kier molecular flexibility index (Phi) is 4.28. The van der Waals surface area contributed by atoms with Gasteiger partial charge in [-0.3, -0.25) is 4.90 Å². The molecule has 21 heavy (non-hydrogen) atoms. The number of benzene rings is 1. The van der Waals surface area contributed by atoms with Gasteiger partial charge in [-0.1, -0.05) is 29.8 Å². The number of amides is 1. The lowest BCUT2D eigenvalue weighted by molar-refractivity contribution is 0.00824. The quantitative estimate of drug-likeness (QED) is 0.910. The summed E-state index contributed by atoms with van der Waals surface area (Å²) in [6.07, 6.45) is 1.56. The predicted octanol–water partition coefficient (Wildman–Crippen LogP) is 3.18. The van der Waals surface area contributed by atoms with Crippen molar-refractivity contribution in [2.45, 2.75) is 51.7 Å². The standard InChI is InChI=1S/C17H26N2O2/c1-13-6-8-14(9-7-13)17(12-18)10-5-11-19(17)15(20)21-16(2,3)4/h6-9H,5,10-12,18H2,1-4H3. The normalized spacial score (nSPS) is 22.4. The minimum absolute atomic E-state index is 0.272. The van der Waals surface area contributed by atoms with Crippen LogP contribution in [0.15, 0.2) is 24.3 Å². The van der Waals surface area contributed by atoms with Gasteiger partial charge >= 0.3 is 6.09 Å². The maximum Gasteiger partial charge on any atom is 0.411 e. The van der Waals surface area contributed by atoms with Crippen molar-refractivity contribution >= 4 is 6.09 Å². The van der Waals surface area contributed by atoms with Crippen LogP contribution in [0.5, 0.6) is 0 Å². The highest BCUT2D eigenvalue weighted by atomic mass is 16.6. The highest BCUT2D eigenvalue weighted by Gasteiger charge is 2.45. The number of nitrogens with two attached hydrogens (primary N) is 1. The highest BCUT2D eigenvalue weighted by molar-refractivity contribution is 5.70. The van der Waals surface area contributed by atoms with E-state index >= 15 is 0 Å². The smallest absolute Gasteiger partial charge is 0.411 e. The number of aryl methyl sites for hydroxylation is 1. The molecule has 1 saturated heterocycles. The first-order valence-electron chi connectivity index (χ1n) is 7.56. The molecule has 0 saturated carbocycles. The number of rotatable bonds is 2. The van der Waals surface area contributed by atoms with E-state index in [4.69, 9.17) is 10.5 Å². The number of likely N-dealkylation sites (tertiary alicyclic amines) is 1. The minimum atomic E-state index is -0.493. The van der Waals surface area contributed by atoms with Gasteiger partial charge < -0.3 is 10.5 Å². The van der Waals surface area contributed by atoms with Crippen LogP contribution in [0, 0.1) is 6.92 Å². The molecular formula is C17H26N2O2. The average molecular weight is 290 g/mol. The molecule has 4 nitrogen and oxygen atoms in total. The zero-order valence-electron chi connectivity index (χ0n) is 13.5. The minimum Gasteiger partial charge on any atom is -0.444 e. The maximum atomic E-state index is 12.5. The van der Waals surface area contributed by atoms with E-state index in [1.165, 1.54) is 5.56 Å². The Morgan fingerprint density at radius 1 is 1.33 bits per heavy atom. The van der Waals surface area contributed by atoms with Crippen molar-refractivity contribution in [3.05, 3.63) is 35.4 Å². The number of hydrogen-bond acceptors (Lipinski definition) is 3. The van der Waals surface area contributed by atoms with E-state index in [1.54, 1.807) is 0 Å². The Balaban J connectivity index is 2.32. The molecule has 2 N–H and O–H groups in total. The molecule has 0 bridgehead atoms. The van der Waals surface area contributed by atoms with Crippen molar-refractivity contribution in [2.75, 3.05) is 13.1 Å². The number of carbonyl (C=O) groups excluding carboxylic acids is 1. The average Bonchev–Trinajstić information content (AvgIpc) is 2.82. The van der Waals surface area contributed by atoms with Crippen LogP contribution < -0.4 is 5.73 Å². The third kappa shape index (κ3) is 3.21. The van der Waals surface area contributed by atoms with Gasteiger partial charge in [-0.2, -0.15) is 0 Å². The van der Waals surface area contributed by atoms with Crippen molar-refractivity contribution in [3.63, 3.8) is 0 Å². The molecule has 2 rings (SSSR count). The molecule has 1 heterocycles. The summed E-state index contributed by atoms with van der Waals surface area (Å²) < 4.78 is 5.56. The fourth-order valence-corrected chi connectivity index (χ4v) is 2.96. The number of ether oxygens (including phenoxy) is 1. The van der Waals surface area contributed by atoms with Crippen LogP contribution in [0.2, 0.25) is 0 Å². The Hall–Kier alpha value is -1.55. The number of carbonyl (C=O) groups is 1. The summed E-state index contributed by atoms with van der Waals surface area (Å²) in [6, 6.07) is 8.28. The van der Waals surface area contributed by atoms with Gasteiger partial charge in [0.05, 0.1) is 5.54 Å². The molecule has 0 aliphatic carbocycles. The van der Waals surface area contributed by atoms with E-state index in [0.717, 1.165) is 18.4 Å². The van der Waals surface area contributed by atoms with Gasteiger partial charge in [0.15, 0.2) is 0 Å². The van der Waals surface area contributed by atoms with Crippen molar-refractivity contribution in [2.24, 2.45) is 5.73 Å². The molecule has 0 radical (unpaired) electrons. The lowest BCUT2D eigenvalue weighted by atomic mass is 9.87. The van der Waals surface area contributed by atoms with Gasteiger partial charge in [-0.05, 0) is 46.1 Å². The predicted molar refractivity (Wildman–Crippen MR) is 84.1 cm³/mol. The largest absolute Gasteiger partial charge is 0.444 e. The lowest BCUT2D eigenvalue weighted by Crippen LogP contribution is -2.51. The fourth-order valence-electron chi connectivity index (χ4n) is 2.96. The Bertz CT molecular complexity index is 505. The lowest BCUT2D eigenvalue weighted by Gasteiger charge is -2.39. The van der Waals surface area contributed by atoms with Crippen molar-refractivity contribution in [1.29, 1.82) is 0 Å². The maximum absolute atomic E-state index is 12.5. The van der Waals surface area contributed by atoms with E-state index in [-0.39, 0.29) is 6.09 Å². The first-order chi connectivity index (χ1) is 9.78. The van der Waals surface area contributed by atoms with Gasteiger partial charge in [0.1, 0.15) is 5.60 Å². The molecular weight excluding hydrogens is 264 g/mol. The molecule has 4 heteroatoms. The molecule has 1 unspecified atom stereocenters. The second-order valence-corrected chi connectivity index (χ2v) is 6.84. The highest BCUT2D eigenvalue weighted by Crippen LogP contribution is 2.39. The van der Waals surface area contributed by atoms with E-state index < -0.39 is 11.1 Å². The van der Waals surface area contributed by atoms with Gasteiger partial charge in [0.25, 0.3) is 0 Å². The van der Waals surface area contributed by atoms with Crippen LogP contribution >= 0.6 is 0 Å². The molecule has 1 amide bonds. The van der Waals surface area contributed by atoms with Crippen molar-refractivity contribution in [3.8, 4) is 0 Å². The summed E-state index contributed by atoms with van der Waals surface area (Å²) in [7, 11) is 0. The second kappa shape index (κ2) is 5.68. The van der Waals surface area contributed by atoms with Gasteiger partial charge in [0, 0.05) is 13.1 Å². The molecule has 116 valence electrons. The summed E-state index contributed by atoms with van der Waals surface area (Å²) in [6.45, 7) is 8.82. The van der Waals surface area contributed by atoms with Crippen LogP contribution in [0.1, 0.15) is 44.7 Å². The van der Waals surface area contributed by atoms with Crippen LogP contribution in [0.25, 0.3) is 0 Å². The summed E-state index contributed by atoms with van der Waals surface area (Å²) in [5, 5.41) is 0. The zero-order chi connectivity index (χ0) is 15.7. The monoisotopic (exact) mass is 290 g/mol. The van der Waals surface area contributed by atoms with E-state index in [0.29, 0.717) is 13.1 Å². The van der Waals surface area contributed by atoms with Crippen LogP contribution in [0.3, 0.4) is 0 Å². The van der Waals surface area contributed by atoms with Gasteiger partial charge in [0.2, 0.25) is 0 Å². The third-order valence-corrected chi connectivity index (χ3v) is 4.03. The molecule has 1 aromatic carbocycles. The molecule has 1 aromatic rings. The molecule has 1 atom stereocenters. The van der Waals surface area contributed by atoms with E-state index in [1.807, 2.05) is 25.7 Å². The van der Waals surface area contributed by atoms with E-state index in [9.17, 15) is 4.79 Å². The van der Waals surface area contributed by atoms with Crippen LogP contribution in [0.4, 0.5) is 4.79 Å². The molecule has 0 spiro atoms. The SMILES string of the molecule is Cc1ccc(C2(CN)CCCN2C(=O)OC(C)(C)C)cc1. The van der Waals surface area contributed by atoms with Crippen molar-refractivity contribution in [1.82, 2.24) is 4.90 Å². The fraction of sp³-hybridized carbons (Fsp3) is 0.588. The van der Waals surface area contributed by atoms with Gasteiger partial charge in [-0.25, -0.2) is 4.79 Å². The summed E-state index contributed by atoms with van der Waals surface area (Å²) >= 11 is 0. The number of nitrogens with zero attached hydrogens (tertiary/aromatic N) is 1. The second-order valence-electron chi connectivity index (χ2n) is 6.84. The van der Waals surface area contributed by atoms with Gasteiger partial charge in [-0.15, -0.1) is 0 Å². The molecule has 0 aromatic heterocycles. The third-order valence-electron chi connectivity index (χ3n) is 4.03. The summed E-state index contributed by atoms with van der Waals surface area (Å²) in [4.78, 5) is 14.3. The van der Waals surface area contributed by atoms with E-state index in [2.05, 4.69) is 31.2 Å². The zero-order valence-corrected chi connectivity index (χ0v) is 13.5. The first-order valence-corrected chi connectivity index (χ1v) is 7.56. The number of hydrogen-bond donors (Lipinski definition) is 1. The molecule has 1 fully saturated rings. The summed E-state index contributed by atoms with van der Waals surface area (Å²) in [5.41, 5.74) is 7.45. The molecule has 1 aliphatic heterocycles.